The second-order valence-corrected chi connectivity index (χ2v) is 5.21. The molecule has 102 valence electrons. The first-order valence-corrected chi connectivity index (χ1v) is 7.13. The third-order valence-corrected chi connectivity index (χ3v) is 3.65. The van der Waals surface area contributed by atoms with Crippen LogP contribution in [0.1, 0.15) is 44.9 Å². The molecular weight excluding hydrogens is 238 g/mol. The first kappa shape index (κ1) is 12.3. The Hall–Kier alpha value is -1.78. The minimum atomic E-state index is 0.613. The van der Waals surface area contributed by atoms with Gasteiger partial charge in [-0.3, -0.25) is 4.68 Å². The van der Waals surface area contributed by atoms with Gasteiger partial charge in [-0.2, -0.15) is 5.10 Å². The van der Waals surface area contributed by atoms with Gasteiger partial charge in [0.25, 0.3) is 0 Å². The highest BCUT2D eigenvalue weighted by Gasteiger charge is 2.30. The van der Waals surface area contributed by atoms with Crippen molar-refractivity contribution in [3.63, 3.8) is 0 Å². The molecule has 1 fully saturated rings. The summed E-state index contributed by atoms with van der Waals surface area (Å²) in [6.45, 7) is 6.08. The van der Waals surface area contributed by atoms with Gasteiger partial charge in [-0.25, -0.2) is 4.98 Å². The van der Waals surface area contributed by atoms with Gasteiger partial charge in [0.05, 0.1) is 6.20 Å². The summed E-state index contributed by atoms with van der Waals surface area (Å²) in [7, 11) is 0. The van der Waals surface area contributed by atoms with E-state index in [1.54, 1.807) is 0 Å². The summed E-state index contributed by atoms with van der Waals surface area (Å²) in [5.74, 6) is 2.54. The van der Waals surface area contributed by atoms with Gasteiger partial charge in [0.15, 0.2) is 0 Å². The lowest BCUT2D eigenvalue weighted by Crippen LogP contribution is -2.04. The van der Waals surface area contributed by atoms with Crippen molar-refractivity contribution >= 4 is 5.82 Å². The van der Waals surface area contributed by atoms with Gasteiger partial charge in [-0.15, -0.1) is 0 Å². The van der Waals surface area contributed by atoms with Gasteiger partial charge in [0, 0.05) is 30.8 Å². The molecule has 0 amide bonds. The Balaban J connectivity index is 1.99. The van der Waals surface area contributed by atoms with E-state index in [1.807, 2.05) is 17.1 Å². The Bertz CT molecular complexity index is 577. The maximum Gasteiger partial charge on any atom is 0.131 e. The monoisotopic (exact) mass is 259 g/mol. The van der Waals surface area contributed by atoms with Crippen molar-refractivity contribution in [3.05, 3.63) is 18.2 Å². The molecule has 0 bridgehead atoms. The second-order valence-electron chi connectivity index (χ2n) is 5.21. The van der Waals surface area contributed by atoms with Gasteiger partial charge in [0.2, 0.25) is 0 Å². The minimum absolute atomic E-state index is 0.613. The molecule has 2 heterocycles. The smallest absolute Gasteiger partial charge is 0.131 e. The molecule has 0 aliphatic heterocycles. The van der Waals surface area contributed by atoms with Crippen LogP contribution in [0.2, 0.25) is 0 Å². The molecule has 2 N–H and O–H groups in total. The van der Waals surface area contributed by atoms with Crippen molar-refractivity contribution in [2.45, 2.75) is 52.1 Å². The van der Waals surface area contributed by atoms with E-state index in [-0.39, 0.29) is 0 Å². The molecule has 5 heteroatoms. The van der Waals surface area contributed by atoms with Crippen LogP contribution in [0, 0.1) is 0 Å². The number of aryl methyl sites for hydroxylation is 1. The van der Waals surface area contributed by atoms with E-state index in [2.05, 4.69) is 23.5 Å². The highest BCUT2D eigenvalue weighted by atomic mass is 15.3. The Labute approximate surface area is 113 Å². The predicted octanol–water partition coefficient (Wildman–Crippen LogP) is 2.64. The Morgan fingerprint density at radius 2 is 2.16 bits per heavy atom. The predicted molar refractivity (Wildman–Crippen MR) is 75.8 cm³/mol. The van der Waals surface area contributed by atoms with Crippen molar-refractivity contribution in [3.8, 4) is 11.3 Å². The van der Waals surface area contributed by atoms with Crippen LogP contribution in [-0.4, -0.2) is 19.3 Å². The van der Waals surface area contributed by atoms with E-state index < -0.39 is 0 Å². The maximum absolute atomic E-state index is 6.26. The fourth-order valence-corrected chi connectivity index (χ4v) is 2.52. The summed E-state index contributed by atoms with van der Waals surface area (Å²) < 4.78 is 4.10. The minimum Gasteiger partial charge on any atom is -0.383 e. The number of nitrogens with zero attached hydrogens (tertiary/aromatic N) is 4. The molecule has 0 atom stereocenters. The molecule has 3 rings (SSSR count). The summed E-state index contributed by atoms with van der Waals surface area (Å²) in [5, 5.41) is 4.36. The van der Waals surface area contributed by atoms with Crippen LogP contribution in [0.3, 0.4) is 0 Å². The molecule has 1 aliphatic rings. The molecule has 0 radical (unpaired) electrons. The standard InChI is InChI=1S/C14H21N5/c1-3-7-18-9-11(8-16-18)12-13(15)19(4-2)14(17-12)10-5-6-10/h8-10H,3-7,15H2,1-2H3. The fraction of sp³-hybridized carbons (Fsp3) is 0.571. The lowest BCUT2D eigenvalue weighted by atomic mass is 10.2. The van der Waals surface area contributed by atoms with Gasteiger partial charge in [0.1, 0.15) is 17.3 Å². The normalized spacial score (nSPS) is 15.1. The molecule has 1 saturated carbocycles. The zero-order valence-corrected chi connectivity index (χ0v) is 11.6. The van der Waals surface area contributed by atoms with Crippen LogP contribution in [0.4, 0.5) is 5.82 Å². The molecule has 5 nitrogen and oxygen atoms in total. The lowest BCUT2D eigenvalue weighted by Gasteiger charge is -2.04. The van der Waals surface area contributed by atoms with E-state index >= 15 is 0 Å². The molecule has 0 aromatic carbocycles. The number of hydrogen-bond donors (Lipinski definition) is 1. The second kappa shape index (κ2) is 4.72. The van der Waals surface area contributed by atoms with Crippen LogP contribution in [-0.2, 0) is 13.1 Å². The van der Waals surface area contributed by atoms with Crippen molar-refractivity contribution in [1.82, 2.24) is 19.3 Å². The molecule has 0 saturated heterocycles. The Kier molecular flexibility index (Phi) is 3.05. The lowest BCUT2D eigenvalue weighted by molar-refractivity contribution is 0.603. The quantitative estimate of drug-likeness (QED) is 0.897. The fourth-order valence-electron chi connectivity index (χ4n) is 2.52. The third-order valence-electron chi connectivity index (χ3n) is 3.65. The van der Waals surface area contributed by atoms with E-state index in [0.29, 0.717) is 5.92 Å². The van der Waals surface area contributed by atoms with Crippen LogP contribution in [0.5, 0.6) is 0 Å². The first-order chi connectivity index (χ1) is 9.24. The molecule has 2 aromatic heterocycles. The number of imidazole rings is 1. The highest BCUT2D eigenvalue weighted by Crippen LogP contribution is 2.42. The highest BCUT2D eigenvalue weighted by molar-refractivity contribution is 5.70. The summed E-state index contributed by atoms with van der Waals surface area (Å²) in [6, 6.07) is 0. The van der Waals surface area contributed by atoms with Crippen LogP contribution >= 0.6 is 0 Å². The van der Waals surface area contributed by atoms with Crippen molar-refractivity contribution in [2.75, 3.05) is 5.73 Å². The van der Waals surface area contributed by atoms with E-state index in [9.17, 15) is 0 Å². The van der Waals surface area contributed by atoms with Crippen LogP contribution in [0.15, 0.2) is 12.4 Å². The topological polar surface area (TPSA) is 61.7 Å². The Morgan fingerprint density at radius 3 is 2.79 bits per heavy atom. The Morgan fingerprint density at radius 1 is 1.37 bits per heavy atom. The maximum atomic E-state index is 6.26. The van der Waals surface area contributed by atoms with Crippen molar-refractivity contribution in [1.29, 1.82) is 0 Å². The van der Waals surface area contributed by atoms with Gasteiger partial charge in [-0.05, 0) is 26.2 Å². The van der Waals surface area contributed by atoms with E-state index in [0.717, 1.165) is 42.4 Å². The van der Waals surface area contributed by atoms with Gasteiger partial charge >= 0.3 is 0 Å². The largest absolute Gasteiger partial charge is 0.383 e. The number of nitrogens with two attached hydrogens (primary N) is 1. The van der Waals surface area contributed by atoms with Gasteiger partial charge < -0.3 is 10.3 Å². The van der Waals surface area contributed by atoms with Crippen LogP contribution < -0.4 is 5.73 Å². The zero-order chi connectivity index (χ0) is 13.4. The molecule has 1 aliphatic carbocycles. The van der Waals surface area contributed by atoms with Crippen molar-refractivity contribution in [2.24, 2.45) is 0 Å². The molecule has 0 spiro atoms. The third kappa shape index (κ3) is 2.13. The molecular formula is C14H21N5. The number of aromatic nitrogens is 4. The van der Waals surface area contributed by atoms with E-state index in [1.165, 1.54) is 12.8 Å². The summed E-state index contributed by atoms with van der Waals surface area (Å²) in [5.41, 5.74) is 8.18. The summed E-state index contributed by atoms with van der Waals surface area (Å²) >= 11 is 0. The van der Waals surface area contributed by atoms with E-state index in [4.69, 9.17) is 10.7 Å². The molecule has 19 heavy (non-hydrogen) atoms. The number of nitrogen functional groups attached to an aromatic ring is 1. The zero-order valence-electron chi connectivity index (χ0n) is 11.6. The van der Waals surface area contributed by atoms with Crippen molar-refractivity contribution < 1.29 is 0 Å². The number of anilines is 1. The average molecular weight is 259 g/mol. The first-order valence-electron chi connectivity index (χ1n) is 7.13. The molecule has 2 aromatic rings. The molecule has 0 unspecified atom stereocenters. The number of hydrogen-bond acceptors (Lipinski definition) is 3. The SMILES string of the molecule is CCCn1cc(-c2nc(C3CC3)n(CC)c2N)cn1. The summed E-state index contributed by atoms with van der Waals surface area (Å²) in [6.07, 6.45) is 7.47. The van der Waals surface area contributed by atoms with Crippen LogP contribution in [0.25, 0.3) is 11.3 Å². The summed E-state index contributed by atoms with van der Waals surface area (Å²) in [4.78, 5) is 4.77. The average Bonchev–Trinajstić information content (AvgIpc) is 3.05. The van der Waals surface area contributed by atoms with Gasteiger partial charge in [-0.1, -0.05) is 6.92 Å². The number of rotatable bonds is 5.